The molecule has 30 heavy (non-hydrogen) atoms. The number of rotatable bonds is 3. The Kier molecular flexibility index (Phi) is 4.67. The number of methoxy groups -OCH3 is 1. The summed E-state index contributed by atoms with van der Waals surface area (Å²) in [7, 11) is 1.67. The first kappa shape index (κ1) is 18.7. The van der Waals surface area contributed by atoms with Crippen molar-refractivity contribution in [3.8, 4) is 5.75 Å². The van der Waals surface area contributed by atoms with Gasteiger partial charge in [0.15, 0.2) is 0 Å². The quantitative estimate of drug-likeness (QED) is 0.469. The van der Waals surface area contributed by atoms with Gasteiger partial charge in [0.2, 0.25) is 0 Å². The molecule has 1 aliphatic rings. The molecule has 0 aliphatic carbocycles. The van der Waals surface area contributed by atoms with Crippen LogP contribution in [0.2, 0.25) is 0 Å². The molecular formula is C23H20N2O4S. The Morgan fingerprint density at radius 2 is 1.73 bits per heavy atom. The van der Waals surface area contributed by atoms with Crippen LogP contribution in [-0.4, -0.2) is 44.1 Å². The molecule has 0 N–H and O–H groups in total. The van der Waals surface area contributed by atoms with Gasteiger partial charge in [-0.1, -0.05) is 24.3 Å². The zero-order valence-electron chi connectivity index (χ0n) is 16.5. The van der Waals surface area contributed by atoms with Crippen LogP contribution in [-0.2, 0) is 0 Å². The average Bonchev–Trinajstić information content (AvgIpc) is 3.25. The standard InChI is InChI=1S/C23H20N2O4S/c1-28-19-9-5-3-7-17(19)24-10-12-25(13-11-24)22(26)20-14-16-21(30-20)15-6-2-4-8-18(15)29-23(16)27/h2-9,14H,10-13H2,1H3. The number of fused-ring (bicyclic) bond motifs is 3. The third kappa shape index (κ3) is 3.11. The molecule has 0 saturated carbocycles. The normalized spacial score (nSPS) is 14.4. The molecule has 5 rings (SSSR count). The number of hydrogen-bond donors (Lipinski definition) is 0. The number of ether oxygens (including phenoxy) is 1. The third-order valence-corrected chi connectivity index (χ3v) is 6.65. The minimum absolute atomic E-state index is 0.0423. The van der Waals surface area contributed by atoms with Crippen LogP contribution in [0.1, 0.15) is 9.67 Å². The molecule has 1 amide bonds. The number of carbonyl (C=O) groups excluding carboxylic acids is 1. The van der Waals surface area contributed by atoms with E-state index in [2.05, 4.69) is 4.90 Å². The lowest BCUT2D eigenvalue weighted by Crippen LogP contribution is -2.48. The summed E-state index contributed by atoms with van der Waals surface area (Å²) in [6, 6.07) is 17.0. The van der Waals surface area contributed by atoms with Crippen molar-refractivity contribution < 1.29 is 13.9 Å². The summed E-state index contributed by atoms with van der Waals surface area (Å²) in [5, 5.41) is 1.33. The third-order valence-electron chi connectivity index (χ3n) is 5.49. The predicted molar refractivity (Wildman–Crippen MR) is 119 cm³/mol. The topological polar surface area (TPSA) is 63.0 Å². The SMILES string of the molecule is COc1ccccc1N1CCN(C(=O)c2cc3c(=O)oc4ccccc4c3s2)CC1. The maximum absolute atomic E-state index is 13.1. The van der Waals surface area contributed by atoms with Gasteiger partial charge in [-0.15, -0.1) is 11.3 Å². The van der Waals surface area contributed by atoms with E-state index in [1.54, 1.807) is 19.2 Å². The van der Waals surface area contributed by atoms with Gasteiger partial charge in [-0.2, -0.15) is 0 Å². The Labute approximate surface area is 176 Å². The number of piperazine rings is 1. The van der Waals surface area contributed by atoms with Gasteiger partial charge in [-0.25, -0.2) is 4.79 Å². The molecule has 2 aromatic heterocycles. The van der Waals surface area contributed by atoms with E-state index in [-0.39, 0.29) is 5.91 Å². The summed E-state index contributed by atoms with van der Waals surface area (Å²) in [4.78, 5) is 30.2. The Morgan fingerprint density at radius 1 is 1.00 bits per heavy atom. The molecule has 2 aromatic carbocycles. The van der Waals surface area contributed by atoms with Crippen LogP contribution in [0.25, 0.3) is 21.1 Å². The van der Waals surface area contributed by atoms with Crippen LogP contribution in [0.5, 0.6) is 5.75 Å². The molecule has 0 radical (unpaired) electrons. The summed E-state index contributed by atoms with van der Waals surface area (Å²) in [5.41, 5.74) is 1.18. The first-order valence-corrected chi connectivity index (χ1v) is 10.6. The van der Waals surface area contributed by atoms with Crippen LogP contribution in [0.3, 0.4) is 0 Å². The second-order valence-corrected chi connectivity index (χ2v) is 8.24. The zero-order valence-corrected chi connectivity index (χ0v) is 17.3. The van der Waals surface area contributed by atoms with Gasteiger partial charge in [-0.05, 0) is 30.3 Å². The fraction of sp³-hybridized carbons (Fsp3) is 0.217. The van der Waals surface area contributed by atoms with Gasteiger partial charge < -0.3 is 19.0 Å². The molecule has 4 aromatic rings. The van der Waals surface area contributed by atoms with Crippen molar-refractivity contribution in [3.05, 3.63) is 69.9 Å². The minimum atomic E-state index is -0.403. The van der Waals surface area contributed by atoms with Gasteiger partial charge in [0.05, 0.1) is 27.8 Å². The number of amides is 1. The summed E-state index contributed by atoms with van der Waals surface area (Å²) in [6.07, 6.45) is 0. The van der Waals surface area contributed by atoms with E-state index in [9.17, 15) is 9.59 Å². The molecule has 0 bridgehead atoms. The first-order chi connectivity index (χ1) is 14.7. The Hall–Kier alpha value is -3.32. The highest BCUT2D eigenvalue weighted by atomic mass is 32.1. The van der Waals surface area contributed by atoms with Crippen LogP contribution in [0.15, 0.2) is 63.8 Å². The highest BCUT2D eigenvalue weighted by Gasteiger charge is 2.25. The highest BCUT2D eigenvalue weighted by Crippen LogP contribution is 2.32. The van der Waals surface area contributed by atoms with Crippen LogP contribution in [0, 0.1) is 0 Å². The van der Waals surface area contributed by atoms with Gasteiger partial charge >= 0.3 is 5.63 Å². The average molecular weight is 420 g/mol. The lowest BCUT2D eigenvalue weighted by molar-refractivity contribution is 0.0751. The molecule has 0 atom stereocenters. The maximum atomic E-state index is 13.1. The van der Waals surface area contributed by atoms with Crippen molar-refractivity contribution >= 4 is 44.0 Å². The zero-order chi connectivity index (χ0) is 20.7. The fourth-order valence-electron chi connectivity index (χ4n) is 3.94. The number of anilines is 1. The van der Waals surface area contributed by atoms with Crippen LogP contribution >= 0.6 is 11.3 Å². The Bertz CT molecular complexity index is 1300. The molecule has 1 fully saturated rings. The number of thiophene rings is 1. The largest absolute Gasteiger partial charge is 0.495 e. The molecule has 1 saturated heterocycles. The highest BCUT2D eigenvalue weighted by molar-refractivity contribution is 7.21. The monoisotopic (exact) mass is 420 g/mol. The van der Waals surface area contributed by atoms with E-state index in [4.69, 9.17) is 9.15 Å². The van der Waals surface area contributed by atoms with E-state index in [1.165, 1.54) is 11.3 Å². The smallest absolute Gasteiger partial charge is 0.345 e. The first-order valence-electron chi connectivity index (χ1n) is 9.78. The van der Waals surface area contributed by atoms with Crippen molar-refractivity contribution in [3.63, 3.8) is 0 Å². The van der Waals surface area contributed by atoms with E-state index < -0.39 is 5.63 Å². The summed E-state index contributed by atoms with van der Waals surface area (Å²) in [6.45, 7) is 2.67. The molecule has 152 valence electrons. The van der Waals surface area contributed by atoms with E-state index in [0.717, 1.165) is 34.6 Å². The molecule has 1 aliphatic heterocycles. The molecule has 3 heterocycles. The van der Waals surface area contributed by atoms with Crippen LogP contribution < -0.4 is 15.3 Å². The molecule has 6 nitrogen and oxygen atoms in total. The van der Waals surface area contributed by atoms with Crippen LogP contribution in [0.4, 0.5) is 5.69 Å². The van der Waals surface area contributed by atoms with Crippen molar-refractivity contribution in [2.24, 2.45) is 0 Å². The summed E-state index contributed by atoms with van der Waals surface area (Å²) in [5.74, 6) is 0.791. The number of hydrogen-bond acceptors (Lipinski definition) is 6. The summed E-state index contributed by atoms with van der Waals surface area (Å²) >= 11 is 1.36. The van der Waals surface area contributed by atoms with Crippen molar-refractivity contribution in [1.82, 2.24) is 4.90 Å². The van der Waals surface area contributed by atoms with Gasteiger partial charge in [0.25, 0.3) is 5.91 Å². The van der Waals surface area contributed by atoms with E-state index >= 15 is 0 Å². The molecule has 0 unspecified atom stereocenters. The number of nitrogens with zero attached hydrogens (tertiary/aromatic N) is 2. The van der Waals surface area contributed by atoms with Gasteiger partial charge in [0.1, 0.15) is 11.3 Å². The van der Waals surface area contributed by atoms with Crippen molar-refractivity contribution in [2.45, 2.75) is 0 Å². The second kappa shape index (κ2) is 7.50. The molecule has 0 spiro atoms. The maximum Gasteiger partial charge on any atom is 0.345 e. The van der Waals surface area contributed by atoms with Gasteiger partial charge in [-0.3, -0.25) is 4.79 Å². The second-order valence-electron chi connectivity index (χ2n) is 7.19. The summed E-state index contributed by atoms with van der Waals surface area (Å²) < 4.78 is 11.7. The molecular weight excluding hydrogens is 400 g/mol. The lowest BCUT2D eigenvalue weighted by Gasteiger charge is -2.36. The Morgan fingerprint density at radius 3 is 2.53 bits per heavy atom. The fourth-order valence-corrected chi connectivity index (χ4v) is 5.09. The molecule has 7 heteroatoms. The van der Waals surface area contributed by atoms with Crippen molar-refractivity contribution in [2.75, 3.05) is 38.2 Å². The Balaban J connectivity index is 1.39. The van der Waals surface area contributed by atoms with Crippen molar-refractivity contribution in [1.29, 1.82) is 0 Å². The predicted octanol–water partition coefficient (Wildman–Crippen LogP) is 3.98. The number of para-hydroxylation sites is 3. The minimum Gasteiger partial charge on any atom is -0.495 e. The van der Waals surface area contributed by atoms with E-state index in [1.807, 2.05) is 47.4 Å². The number of carbonyl (C=O) groups is 1. The number of benzene rings is 2. The lowest BCUT2D eigenvalue weighted by atomic mass is 10.2. The van der Waals surface area contributed by atoms with E-state index in [0.29, 0.717) is 28.9 Å². The van der Waals surface area contributed by atoms with Gasteiger partial charge in [0, 0.05) is 31.6 Å².